The number of fused-ring (bicyclic) bond motifs is 3. The van der Waals surface area contributed by atoms with Crippen molar-refractivity contribution in [3.05, 3.63) is 59.2 Å². The number of amides is 1. The predicted molar refractivity (Wildman–Crippen MR) is 134 cm³/mol. The lowest BCUT2D eigenvalue weighted by atomic mass is 9.78. The van der Waals surface area contributed by atoms with E-state index < -0.39 is 76.7 Å². The van der Waals surface area contributed by atoms with E-state index in [4.69, 9.17) is 0 Å². The number of alkyl halides is 7. The van der Waals surface area contributed by atoms with Crippen LogP contribution in [-0.4, -0.2) is 69.1 Å². The average Bonchev–Trinajstić information content (AvgIpc) is 3.32. The lowest BCUT2D eigenvalue weighted by molar-refractivity contribution is -0.350. The molecule has 17 heteroatoms. The van der Waals surface area contributed by atoms with Gasteiger partial charge in [0.25, 0.3) is 0 Å². The van der Waals surface area contributed by atoms with Gasteiger partial charge in [0.05, 0.1) is 28.1 Å². The summed E-state index contributed by atoms with van der Waals surface area (Å²) >= 11 is 0. The van der Waals surface area contributed by atoms with Crippen molar-refractivity contribution in [2.75, 3.05) is 18.1 Å². The standard InChI is InChI=1S/C26H24F8N2O5S2/c27-17-2-4-18(5-3-17)43(40,41)23-9-10-36(22(37)15-7-11-42(38,39)12-8-15)21(23)6-1-16-13-20(35-14-19(16)23)24(28,25(29,30)31)26(32,33)34/h2-5,13-15,21H,1,6-12H2/t21-,23-/m1/s1. The topological polar surface area (TPSA) is 101 Å². The summed E-state index contributed by atoms with van der Waals surface area (Å²) in [5.41, 5.74) is -8.45. The third-order valence-corrected chi connectivity index (χ3v) is 13.0. The second-order valence-corrected chi connectivity index (χ2v) is 15.5. The molecule has 2 aromatic rings. The van der Waals surface area contributed by atoms with Crippen molar-refractivity contribution >= 4 is 25.6 Å². The second-order valence-electron chi connectivity index (χ2n) is 11.0. The number of aromatic nitrogens is 1. The third-order valence-electron chi connectivity index (χ3n) is 8.70. The molecule has 0 saturated carbocycles. The summed E-state index contributed by atoms with van der Waals surface area (Å²) < 4.78 is 160. The molecule has 0 N–H and O–H groups in total. The number of sulfone groups is 2. The highest BCUT2D eigenvalue weighted by Crippen LogP contribution is 2.56. The Balaban J connectivity index is 1.65. The van der Waals surface area contributed by atoms with Crippen LogP contribution in [0, 0.1) is 11.7 Å². The van der Waals surface area contributed by atoms with Gasteiger partial charge in [0.2, 0.25) is 5.91 Å². The molecule has 2 fully saturated rings. The predicted octanol–water partition coefficient (Wildman–Crippen LogP) is 4.55. The smallest absolute Gasteiger partial charge is 0.337 e. The molecule has 1 amide bonds. The fourth-order valence-corrected chi connectivity index (χ4v) is 10.3. The Bertz CT molecular complexity index is 1630. The summed E-state index contributed by atoms with van der Waals surface area (Å²) in [5.74, 6) is -2.56. The molecule has 5 rings (SSSR count). The maximum absolute atomic E-state index is 14.9. The molecule has 0 spiro atoms. The van der Waals surface area contributed by atoms with Crippen molar-refractivity contribution in [3.63, 3.8) is 0 Å². The average molecular weight is 661 g/mol. The SMILES string of the molecule is O=C(C1CCS(=O)(=O)CC1)N1CC[C@@]2(S(=O)(=O)c3ccc(F)cc3)c3cnc(C(F)(C(F)(F)F)C(F)(F)F)cc3CC[C@@H]12. The molecule has 0 bridgehead atoms. The molecule has 1 aromatic carbocycles. The van der Waals surface area contributed by atoms with Crippen LogP contribution in [0.3, 0.4) is 0 Å². The summed E-state index contributed by atoms with van der Waals surface area (Å²) in [4.78, 5) is 17.6. The van der Waals surface area contributed by atoms with Crippen LogP contribution < -0.4 is 0 Å². The first-order valence-corrected chi connectivity index (χ1v) is 16.4. The van der Waals surface area contributed by atoms with E-state index in [1.165, 1.54) is 4.90 Å². The Labute approximate surface area is 241 Å². The highest BCUT2D eigenvalue weighted by atomic mass is 32.2. The van der Waals surface area contributed by atoms with Gasteiger partial charge in [-0.05, 0) is 73.6 Å². The molecule has 3 heterocycles. The van der Waals surface area contributed by atoms with Gasteiger partial charge in [-0.25, -0.2) is 25.6 Å². The van der Waals surface area contributed by atoms with Gasteiger partial charge in [-0.1, -0.05) is 0 Å². The maximum Gasteiger partial charge on any atom is 0.437 e. The third kappa shape index (κ3) is 4.80. The van der Waals surface area contributed by atoms with Gasteiger partial charge in [-0.2, -0.15) is 26.3 Å². The van der Waals surface area contributed by atoms with Gasteiger partial charge in [0.15, 0.2) is 9.84 Å². The van der Waals surface area contributed by atoms with E-state index in [2.05, 4.69) is 4.98 Å². The molecule has 43 heavy (non-hydrogen) atoms. The number of benzene rings is 1. The zero-order chi connectivity index (χ0) is 31.8. The Morgan fingerprint density at radius 1 is 0.953 bits per heavy atom. The van der Waals surface area contributed by atoms with E-state index in [9.17, 15) is 56.8 Å². The second kappa shape index (κ2) is 10.1. The number of carbonyl (C=O) groups excluding carboxylic acids is 1. The summed E-state index contributed by atoms with van der Waals surface area (Å²) in [6, 6.07) is 2.70. The highest BCUT2D eigenvalue weighted by Gasteiger charge is 2.75. The molecular formula is C26H24F8N2O5S2. The number of hydrogen-bond donors (Lipinski definition) is 0. The molecule has 2 aliphatic heterocycles. The van der Waals surface area contributed by atoms with E-state index in [1.807, 2.05) is 0 Å². The normalized spacial score (nSPS) is 24.8. The molecule has 1 aromatic heterocycles. The summed E-state index contributed by atoms with van der Waals surface area (Å²) in [6.45, 7) is -0.188. The zero-order valence-electron chi connectivity index (χ0n) is 22.1. The van der Waals surface area contributed by atoms with Gasteiger partial charge in [-0.15, -0.1) is 0 Å². The molecule has 2 saturated heterocycles. The minimum atomic E-state index is -6.44. The maximum atomic E-state index is 14.9. The van der Waals surface area contributed by atoms with Gasteiger partial charge in [-0.3, -0.25) is 9.78 Å². The van der Waals surface area contributed by atoms with Crippen LogP contribution in [0.5, 0.6) is 0 Å². The molecule has 1 aliphatic carbocycles. The Morgan fingerprint density at radius 2 is 1.53 bits per heavy atom. The number of hydrogen-bond acceptors (Lipinski definition) is 6. The summed E-state index contributed by atoms with van der Waals surface area (Å²) in [5, 5.41) is 0. The molecule has 236 valence electrons. The largest absolute Gasteiger partial charge is 0.437 e. The van der Waals surface area contributed by atoms with Crippen LogP contribution in [0.25, 0.3) is 0 Å². The van der Waals surface area contributed by atoms with Crippen molar-refractivity contribution in [2.45, 2.75) is 65.8 Å². The number of pyridine rings is 1. The lowest BCUT2D eigenvalue weighted by Crippen LogP contribution is -2.54. The molecule has 3 aliphatic rings. The van der Waals surface area contributed by atoms with Crippen molar-refractivity contribution in [1.82, 2.24) is 9.88 Å². The van der Waals surface area contributed by atoms with Crippen LogP contribution in [0.4, 0.5) is 35.1 Å². The van der Waals surface area contributed by atoms with Crippen LogP contribution in [0.2, 0.25) is 0 Å². The van der Waals surface area contributed by atoms with Gasteiger partial charge in [0.1, 0.15) is 20.4 Å². The van der Waals surface area contributed by atoms with Crippen molar-refractivity contribution in [3.8, 4) is 0 Å². The van der Waals surface area contributed by atoms with E-state index in [1.54, 1.807) is 0 Å². The Kier molecular flexibility index (Phi) is 7.43. The van der Waals surface area contributed by atoms with Crippen molar-refractivity contribution in [1.29, 1.82) is 0 Å². The molecule has 7 nitrogen and oxygen atoms in total. The number of halogens is 8. The molecular weight excluding hydrogens is 636 g/mol. The first-order valence-electron chi connectivity index (χ1n) is 13.1. The van der Waals surface area contributed by atoms with E-state index in [0.29, 0.717) is 6.20 Å². The number of aryl methyl sites for hydroxylation is 1. The van der Waals surface area contributed by atoms with Crippen LogP contribution in [0.1, 0.15) is 42.5 Å². The van der Waals surface area contributed by atoms with Gasteiger partial charge in [0, 0.05) is 18.7 Å². The van der Waals surface area contributed by atoms with E-state index >= 15 is 0 Å². The summed E-state index contributed by atoms with van der Waals surface area (Å²) in [6.07, 6.45) is -13.3. The number of likely N-dealkylation sites (tertiary alicyclic amines) is 1. The summed E-state index contributed by atoms with van der Waals surface area (Å²) in [7, 11) is -7.99. The van der Waals surface area contributed by atoms with E-state index in [0.717, 1.165) is 24.3 Å². The molecule has 0 unspecified atom stereocenters. The minimum absolute atomic E-state index is 0.00291. The monoisotopic (exact) mass is 660 g/mol. The van der Waals surface area contributed by atoms with Gasteiger partial charge < -0.3 is 4.90 Å². The van der Waals surface area contributed by atoms with Gasteiger partial charge >= 0.3 is 18.0 Å². The van der Waals surface area contributed by atoms with Crippen LogP contribution in [-0.2, 0) is 41.3 Å². The highest BCUT2D eigenvalue weighted by molar-refractivity contribution is 7.92. The zero-order valence-corrected chi connectivity index (χ0v) is 23.7. The first kappa shape index (κ1) is 31.6. The Morgan fingerprint density at radius 3 is 2.09 bits per heavy atom. The fraction of sp³-hybridized carbons (Fsp3) is 0.538. The first-order chi connectivity index (χ1) is 19.8. The minimum Gasteiger partial charge on any atom is -0.337 e. The quantitative estimate of drug-likeness (QED) is 0.353. The fourth-order valence-electron chi connectivity index (χ4n) is 6.50. The van der Waals surface area contributed by atoms with Crippen LogP contribution in [0.15, 0.2) is 41.4 Å². The van der Waals surface area contributed by atoms with Crippen molar-refractivity contribution < 1.29 is 56.8 Å². The van der Waals surface area contributed by atoms with E-state index in [-0.39, 0.29) is 67.3 Å². The molecule has 0 radical (unpaired) electrons. The molecule has 2 atom stereocenters. The Hall–Kier alpha value is -2.82. The number of carbonyl (C=O) groups is 1. The number of rotatable bonds is 4. The van der Waals surface area contributed by atoms with Crippen LogP contribution >= 0.6 is 0 Å². The number of nitrogens with zero attached hydrogens (tertiary/aromatic N) is 2. The van der Waals surface area contributed by atoms with Crippen molar-refractivity contribution in [2.24, 2.45) is 5.92 Å². The lowest BCUT2D eigenvalue weighted by Gasteiger charge is -2.43.